The number of unbranched alkanes of at least 4 members (excludes halogenated alkanes) is 5. The van der Waals surface area contributed by atoms with Gasteiger partial charge in [-0.05, 0) is 38.4 Å². The molecule has 10 heteroatoms. The fourth-order valence-electron chi connectivity index (χ4n) is 3.74. The number of carbonyl (C=O) groups is 4. The van der Waals surface area contributed by atoms with Gasteiger partial charge in [-0.3, -0.25) is 9.59 Å². The van der Waals surface area contributed by atoms with E-state index in [4.69, 9.17) is 19.4 Å². The Morgan fingerprint density at radius 1 is 1.05 bits per heavy atom. The lowest BCUT2D eigenvalue weighted by atomic mass is 10.1. The molecule has 224 valence electrons. The summed E-state index contributed by atoms with van der Waals surface area (Å²) in [5.74, 6) is -0.0931. The summed E-state index contributed by atoms with van der Waals surface area (Å²) in [6.07, 6.45) is 8.75. The molecule has 2 atom stereocenters. The van der Waals surface area contributed by atoms with Crippen LogP contribution < -0.4 is 10.1 Å². The quantitative estimate of drug-likeness (QED) is 0.202. The van der Waals surface area contributed by atoms with Crippen LogP contribution in [0.4, 0.5) is 0 Å². The van der Waals surface area contributed by atoms with Crippen LogP contribution in [0.5, 0.6) is 5.75 Å². The molecule has 2 unspecified atom stereocenters. The molecule has 39 heavy (non-hydrogen) atoms. The normalized spacial score (nSPS) is 15.3. The van der Waals surface area contributed by atoms with Crippen LogP contribution in [-0.2, 0) is 23.9 Å². The number of ether oxygens (including phenoxy) is 2. The smallest absolute Gasteiger partial charge is 0.326 e. The molecule has 1 aromatic rings. The number of para-hydroxylation sites is 1. The fourth-order valence-corrected chi connectivity index (χ4v) is 3.74. The third kappa shape index (κ3) is 20.6. The molecule has 0 aliphatic carbocycles. The fraction of sp³-hybridized carbons (Fsp3) is 0.655. The summed E-state index contributed by atoms with van der Waals surface area (Å²) >= 11 is 0. The van der Waals surface area contributed by atoms with E-state index in [0.717, 1.165) is 31.5 Å². The largest absolute Gasteiger partial charge is 0.494 e. The van der Waals surface area contributed by atoms with Crippen molar-refractivity contribution in [1.82, 2.24) is 10.2 Å². The summed E-state index contributed by atoms with van der Waals surface area (Å²) in [5, 5.41) is 18.9. The number of benzene rings is 1. The van der Waals surface area contributed by atoms with Crippen LogP contribution in [0.1, 0.15) is 72.1 Å². The number of hydrogen-bond donors (Lipinski definition) is 3. The molecule has 0 spiro atoms. The van der Waals surface area contributed by atoms with Crippen LogP contribution in [0.3, 0.4) is 0 Å². The van der Waals surface area contributed by atoms with Crippen molar-refractivity contribution in [1.29, 1.82) is 0 Å². The average Bonchev–Trinajstić information content (AvgIpc) is 3.38. The Balaban J connectivity index is 0. The van der Waals surface area contributed by atoms with E-state index >= 15 is 0 Å². The molecule has 1 saturated heterocycles. The first-order chi connectivity index (χ1) is 18.9. The third-order valence-electron chi connectivity index (χ3n) is 5.55. The number of aliphatic carboxylic acids is 1. The zero-order valence-electron chi connectivity index (χ0n) is 24.2. The highest BCUT2D eigenvalue weighted by atomic mass is 16.5. The van der Waals surface area contributed by atoms with Crippen LogP contribution in [0.2, 0.25) is 0 Å². The van der Waals surface area contributed by atoms with Gasteiger partial charge in [0, 0.05) is 25.5 Å². The van der Waals surface area contributed by atoms with E-state index in [9.17, 15) is 19.5 Å². The number of carboxylic acid groups (broad SMARTS) is 2. The number of nitrogens with zero attached hydrogens (tertiary/aromatic N) is 1. The Bertz CT molecular complexity index is 733. The maximum absolute atomic E-state index is 11.9. The van der Waals surface area contributed by atoms with Gasteiger partial charge in [-0.15, -0.1) is 0 Å². The van der Waals surface area contributed by atoms with E-state index in [1.165, 1.54) is 30.6 Å². The molecule has 0 radical (unpaired) electrons. The maximum atomic E-state index is 11.9. The number of amides is 1. The van der Waals surface area contributed by atoms with Crippen molar-refractivity contribution < 1.29 is 38.9 Å². The summed E-state index contributed by atoms with van der Waals surface area (Å²) in [4.78, 5) is 43.0. The zero-order valence-corrected chi connectivity index (χ0v) is 24.2. The minimum Gasteiger partial charge on any atom is -0.494 e. The van der Waals surface area contributed by atoms with Gasteiger partial charge in [0.05, 0.1) is 19.8 Å². The molecule has 1 aromatic carbocycles. The minimum atomic E-state index is -0.925. The van der Waals surface area contributed by atoms with Crippen molar-refractivity contribution in [2.24, 2.45) is 5.92 Å². The summed E-state index contributed by atoms with van der Waals surface area (Å²) < 4.78 is 11.0. The Morgan fingerprint density at radius 2 is 1.69 bits per heavy atom. The number of hydrogen-bond acceptors (Lipinski definition) is 7. The highest BCUT2D eigenvalue weighted by Gasteiger charge is 2.39. The monoisotopic (exact) mass is 554 g/mol. The van der Waals surface area contributed by atoms with Crippen LogP contribution in [0.15, 0.2) is 30.3 Å². The summed E-state index contributed by atoms with van der Waals surface area (Å²) in [6, 6.07) is 8.89. The highest BCUT2D eigenvalue weighted by Crippen LogP contribution is 2.24. The SMILES string of the molecule is CC.CCCCCCCOCC1CC(C(=O)O)N(C(=O)CNC)C1.O=CCCCOc1ccccc1.O=CO. The molecular formula is C29H50N2O8. The van der Waals surface area contributed by atoms with Gasteiger partial charge in [0.25, 0.3) is 6.47 Å². The lowest BCUT2D eigenvalue weighted by Crippen LogP contribution is -2.44. The Morgan fingerprint density at radius 3 is 2.26 bits per heavy atom. The summed E-state index contributed by atoms with van der Waals surface area (Å²) in [6.45, 7) is 8.48. The highest BCUT2D eigenvalue weighted by molar-refractivity contribution is 5.85. The second-order valence-electron chi connectivity index (χ2n) is 8.60. The second kappa shape index (κ2) is 28.0. The molecular weight excluding hydrogens is 504 g/mol. The molecule has 1 heterocycles. The summed E-state index contributed by atoms with van der Waals surface area (Å²) in [7, 11) is 1.68. The Hall–Kier alpha value is -2.98. The molecule has 1 fully saturated rings. The molecule has 0 bridgehead atoms. The van der Waals surface area contributed by atoms with Crippen LogP contribution in [0.25, 0.3) is 0 Å². The van der Waals surface area contributed by atoms with Gasteiger partial charge < -0.3 is 34.7 Å². The predicted octanol–water partition coefficient (Wildman–Crippen LogP) is 4.27. The van der Waals surface area contributed by atoms with E-state index in [2.05, 4.69) is 12.2 Å². The average molecular weight is 555 g/mol. The molecule has 1 aliphatic heterocycles. The summed E-state index contributed by atoms with van der Waals surface area (Å²) in [5.41, 5.74) is 0. The number of carbonyl (C=O) groups excluding carboxylic acids is 2. The molecule has 0 saturated carbocycles. The van der Waals surface area contributed by atoms with Crippen molar-refractivity contribution in [2.45, 2.75) is 78.2 Å². The zero-order chi connectivity index (χ0) is 29.7. The van der Waals surface area contributed by atoms with Crippen molar-refractivity contribution >= 4 is 24.6 Å². The first kappa shape index (κ1) is 38.2. The lowest BCUT2D eigenvalue weighted by molar-refractivity contribution is -0.147. The number of rotatable bonds is 16. The van der Waals surface area contributed by atoms with Gasteiger partial charge in [0.1, 0.15) is 18.1 Å². The number of carboxylic acids is 1. The third-order valence-corrected chi connectivity index (χ3v) is 5.55. The van der Waals surface area contributed by atoms with Crippen molar-refractivity contribution in [2.75, 3.05) is 40.0 Å². The first-order valence-corrected chi connectivity index (χ1v) is 13.9. The molecule has 0 aromatic heterocycles. The lowest BCUT2D eigenvalue weighted by Gasteiger charge is -2.21. The first-order valence-electron chi connectivity index (χ1n) is 13.9. The van der Waals surface area contributed by atoms with Gasteiger partial charge in [-0.25, -0.2) is 4.79 Å². The van der Waals surface area contributed by atoms with E-state index < -0.39 is 12.0 Å². The molecule has 1 aliphatic rings. The van der Waals surface area contributed by atoms with Crippen molar-refractivity contribution in [3.05, 3.63) is 30.3 Å². The van der Waals surface area contributed by atoms with E-state index in [1.54, 1.807) is 7.05 Å². The van der Waals surface area contributed by atoms with Crippen molar-refractivity contribution in [3.63, 3.8) is 0 Å². The number of likely N-dealkylation sites (N-methyl/N-ethyl adjacent to an activating group) is 1. The molecule has 3 N–H and O–H groups in total. The molecule has 2 rings (SSSR count). The van der Waals surface area contributed by atoms with Gasteiger partial charge >= 0.3 is 5.97 Å². The second-order valence-corrected chi connectivity index (χ2v) is 8.60. The topological polar surface area (TPSA) is 142 Å². The predicted molar refractivity (Wildman–Crippen MR) is 152 cm³/mol. The van der Waals surface area contributed by atoms with Crippen molar-refractivity contribution in [3.8, 4) is 5.75 Å². The Labute approximate surface area is 234 Å². The standard InChI is InChI=1S/C16H30N2O4.C10H12O2.C2H6.CH2O2/c1-3-4-5-6-7-8-22-12-13-9-14(16(20)21)18(11-13)15(19)10-17-2;11-8-4-5-9-12-10-6-2-1-3-7-10;1-2;2-1-3/h13-14,17H,3-12H2,1-2H3,(H,20,21);1-3,6-8H,4-5,9H2;1-2H3;1H,(H,2,3). The van der Waals surface area contributed by atoms with Gasteiger partial charge in [0.2, 0.25) is 5.91 Å². The van der Waals surface area contributed by atoms with Crippen LogP contribution in [-0.4, -0.2) is 85.7 Å². The number of likely N-dealkylation sites (tertiary alicyclic amines) is 1. The molecule has 1 amide bonds. The Kier molecular flexibility index (Phi) is 27.4. The van der Waals surface area contributed by atoms with Gasteiger partial charge in [0.15, 0.2) is 0 Å². The maximum Gasteiger partial charge on any atom is 0.326 e. The minimum absolute atomic E-state index is 0.123. The number of nitrogens with one attached hydrogen (secondary N) is 1. The van der Waals surface area contributed by atoms with Gasteiger partial charge in [-0.1, -0.05) is 64.7 Å². The van der Waals surface area contributed by atoms with Crippen LogP contribution >= 0.6 is 0 Å². The van der Waals surface area contributed by atoms with E-state index in [1.807, 2.05) is 44.2 Å². The number of aldehydes is 1. The van der Waals surface area contributed by atoms with Gasteiger partial charge in [-0.2, -0.15) is 0 Å². The molecule has 10 nitrogen and oxygen atoms in total. The van der Waals surface area contributed by atoms with Crippen LogP contribution in [0, 0.1) is 5.92 Å². The van der Waals surface area contributed by atoms with E-state index in [-0.39, 0.29) is 24.8 Å². The van der Waals surface area contributed by atoms with E-state index in [0.29, 0.717) is 32.6 Å².